The normalized spacial score (nSPS) is 27.4. The second-order valence-corrected chi connectivity index (χ2v) is 3.79. The van der Waals surface area contributed by atoms with Gasteiger partial charge < -0.3 is 15.3 Å². The molecule has 2 atom stereocenters. The summed E-state index contributed by atoms with van der Waals surface area (Å²) >= 11 is 0. The van der Waals surface area contributed by atoms with Crippen LogP contribution in [0.4, 0.5) is 0 Å². The van der Waals surface area contributed by atoms with Crippen LogP contribution in [-0.4, -0.2) is 47.1 Å². The van der Waals surface area contributed by atoms with E-state index in [0.717, 1.165) is 0 Å². The number of amides is 1. The molecule has 80 valence electrons. The zero-order valence-electron chi connectivity index (χ0n) is 8.49. The minimum absolute atomic E-state index is 0.00809. The predicted octanol–water partition coefficient (Wildman–Crippen LogP) is -0.330. The highest BCUT2D eigenvalue weighted by Gasteiger charge is 2.26. The number of piperazine rings is 1. The van der Waals surface area contributed by atoms with Crippen LogP contribution in [0.1, 0.15) is 20.3 Å². The Balaban J connectivity index is 2.53. The van der Waals surface area contributed by atoms with Crippen molar-refractivity contribution < 1.29 is 14.7 Å². The summed E-state index contributed by atoms with van der Waals surface area (Å²) in [7, 11) is 0. The van der Waals surface area contributed by atoms with Gasteiger partial charge >= 0.3 is 5.97 Å². The molecule has 0 bridgehead atoms. The molecule has 1 aliphatic heterocycles. The van der Waals surface area contributed by atoms with Crippen LogP contribution >= 0.6 is 0 Å². The van der Waals surface area contributed by atoms with Gasteiger partial charge in [-0.05, 0) is 6.92 Å². The van der Waals surface area contributed by atoms with Crippen molar-refractivity contribution in [2.75, 3.05) is 13.1 Å². The van der Waals surface area contributed by atoms with Gasteiger partial charge in [0.05, 0.1) is 6.42 Å². The van der Waals surface area contributed by atoms with Gasteiger partial charge in [-0.1, -0.05) is 0 Å². The van der Waals surface area contributed by atoms with Crippen LogP contribution in [-0.2, 0) is 9.59 Å². The maximum absolute atomic E-state index is 11.1. The van der Waals surface area contributed by atoms with Gasteiger partial charge in [0.2, 0.25) is 5.91 Å². The summed E-state index contributed by atoms with van der Waals surface area (Å²) in [6, 6.07) is 0.0390. The first-order valence-corrected chi connectivity index (χ1v) is 4.72. The van der Waals surface area contributed by atoms with E-state index in [-0.39, 0.29) is 24.4 Å². The first-order chi connectivity index (χ1) is 6.49. The van der Waals surface area contributed by atoms with Gasteiger partial charge in [-0.2, -0.15) is 0 Å². The molecule has 1 saturated heterocycles. The summed E-state index contributed by atoms with van der Waals surface area (Å²) in [4.78, 5) is 23.3. The summed E-state index contributed by atoms with van der Waals surface area (Å²) in [5.74, 6) is -0.825. The Morgan fingerprint density at radius 2 is 2.14 bits per heavy atom. The summed E-state index contributed by atoms with van der Waals surface area (Å²) in [6.45, 7) is 4.61. The molecule has 1 fully saturated rings. The van der Waals surface area contributed by atoms with Gasteiger partial charge in [0.1, 0.15) is 0 Å². The molecule has 14 heavy (non-hydrogen) atoms. The summed E-state index contributed by atoms with van der Waals surface area (Å²) in [5, 5.41) is 11.8. The second kappa shape index (κ2) is 4.41. The van der Waals surface area contributed by atoms with Crippen LogP contribution in [0, 0.1) is 0 Å². The Kier molecular flexibility index (Phi) is 3.46. The molecule has 0 aromatic heterocycles. The molecule has 0 radical (unpaired) electrons. The predicted molar refractivity (Wildman–Crippen MR) is 50.9 cm³/mol. The number of carbonyl (C=O) groups is 2. The van der Waals surface area contributed by atoms with E-state index in [1.807, 2.05) is 6.92 Å². The van der Waals surface area contributed by atoms with E-state index in [9.17, 15) is 9.59 Å². The lowest BCUT2D eigenvalue weighted by Gasteiger charge is -2.36. The van der Waals surface area contributed by atoms with Gasteiger partial charge in [-0.3, -0.25) is 9.59 Å². The van der Waals surface area contributed by atoms with Crippen LogP contribution in [0.2, 0.25) is 0 Å². The van der Waals surface area contributed by atoms with Crippen molar-refractivity contribution in [1.29, 1.82) is 0 Å². The van der Waals surface area contributed by atoms with Crippen molar-refractivity contribution in [2.45, 2.75) is 32.4 Å². The molecule has 0 aromatic carbocycles. The number of hydrogen-bond acceptors (Lipinski definition) is 3. The molecular weight excluding hydrogens is 184 g/mol. The number of hydrogen-bond donors (Lipinski definition) is 2. The molecule has 0 aromatic rings. The first-order valence-electron chi connectivity index (χ1n) is 4.72. The third-order valence-corrected chi connectivity index (χ3v) is 2.32. The molecule has 1 aliphatic rings. The lowest BCUT2D eigenvalue weighted by molar-refractivity contribution is -0.139. The quantitative estimate of drug-likeness (QED) is 0.640. The molecule has 5 heteroatoms. The van der Waals surface area contributed by atoms with Gasteiger partial charge in [-0.15, -0.1) is 0 Å². The van der Waals surface area contributed by atoms with Crippen LogP contribution < -0.4 is 5.32 Å². The highest BCUT2D eigenvalue weighted by Crippen LogP contribution is 2.07. The van der Waals surface area contributed by atoms with Crippen molar-refractivity contribution >= 4 is 11.9 Å². The molecule has 1 amide bonds. The monoisotopic (exact) mass is 200 g/mol. The zero-order valence-corrected chi connectivity index (χ0v) is 8.49. The fourth-order valence-electron chi connectivity index (χ4n) is 1.77. The maximum Gasteiger partial charge on any atom is 0.304 e. The Morgan fingerprint density at radius 3 is 2.64 bits per heavy atom. The van der Waals surface area contributed by atoms with Crippen LogP contribution in [0.15, 0.2) is 0 Å². The van der Waals surface area contributed by atoms with Crippen molar-refractivity contribution in [3.63, 3.8) is 0 Å². The zero-order chi connectivity index (χ0) is 10.7. The standard InChI is InChI=1S/C9H16N2O3/c1-6-4-11(7(2)12)5-8(10-6)3-9(13)14/h6,8,10H,3-5H2,1-2H3,(H,13,14)/t6-,8-/m0/s1. The SMILES string of the molecule is CC(=O)N1C[C@H](CC(=O)O)N[C@@H](C)C1. The fourth-order valence-corrected chi connectivity index (χ4v) is 1.77. The number of carboxylic acid groups (broad SMARTS) is 1. The molecule has 1 heterocycles. The minimum Gasteiger partial charge on any atom is -0.481 e. The van der Waals surface area contributed by atoms with Crippen molar-refractivity contribution in [2.24, 2.45) is 0 Å². The highest BCUT2D eigenvalue weighted by molar-refractivity contribution is 5.73. The number of nitrogens with zero attached hydrogens (tertiary/aromatic N) is 1. The Morgan fingerprint density at radius 1 is 1.50 bits per heavy atom. The smallest absolute Gasteiger partial charge is 0.304 e. The fraction of sp³-hybridized carbons (Fsp3) is 0.778. The van der Waals surface area contributed by atoms with E-state index in [0.29, 0.717) is 13.1 Å². The molecule has 0 unspecified atom stereocenters. The van der Waals surface area contributed by atoms with Crippen molar-refractivity contribution in [1.82, 2.24) is 10.2 Å². The summed E-state index contributed by atoms with van der Waals surface area (Å²) in [5.41, 5.74) is 0. The lowest BCUT2D eigenvalue weighted by Crippen LogP contribution is -2.57. The van der Waals surface area contributed by atoms with Crippen molar-refractivity contribution in [3.05, 3.63) is 0 Å². The largest absolute Gasteiger partial charge is 0.481 e. The Hall–Kier alpha value is -1.10. The van der Waals surface area contributed by atoms with Crippen LogP contribution in [0.5, 0.6) is 0 Å². The van der Waals surface area contributed by atoms with E-state index in [1.54, 1.807) is 4.90 Å². The minimum atomic E-state index is -0.833. The average molecular weight is 200 g/mol. The number of nitrogens with one attached hydrogen (secondary N) is 1. The van der Waals surface area contributed by atoms with Gasteiger partial charge in [0.25, 0.3) is 0 Å². The molecular formula is C9H16N2O3. The third kappa shape index (κ3) is 2.99. The molecule has 2 N–H and O–H groups in total. The van der Waals surface area contributed by atoms with Gasteiger partial charge in [0, 0.05) is 32.1 Å². The molecule has 1 rings (SSSR count). The van der Waals surface area contributed by atoms with Gasteiger partial charge in [0.15, 0.2) is 0 Å². The van der Waals surface area contributed by atoms with Crippen LogP contribution in [0.25, 0.3) is 0 Å². The second-order valence-electron chi connectivity index (χ2n) is 3.79. The third-order valence-electron chi connectivity index (χ3n) is 2.32. The molecule has 0 aliphatic carbocycles. The van der Waals surface area contributed by atoms with Crippen molar-refractivity contribution in [3.8, 4) is 0 Å². The van der Waals surface area contributed by atoms with E-state index in [4.69, 9.17) is 5.11 Å². The van der Waals surface area contributed by atoms with E-state index >= 15 is 0 Å². The van der Waals surface area contributed by atoms with E-state index in [1.165, 1.54) is 6.92 Å². The highest BCUT2D eigenvalue weighted by atomic mass is 16.4. The van der Waals surface area contributed by atoms with Gasteiger partial charge in [-0.25, -0.2) is 0 Å². The topological polar surface area (TPSA) is 69.6 Å². The summed E-state index contributed by atoms with van der Waals surface area (Å²) in [6.07, 6.45) is 0.0636. The Labute approximate surface area is 83.1 Å². The molecule has 0 spiro atoms. The van der Waals surface area contributed by atoms with E-state index in [2.05, 4.69) is 5.32 Å². The summed E-state index contributed by atoms with van der Waals surface area (Å²) < 4.78 is 0. The number of carbonyl (C=O) groups excluding carboxylic acids is 1. The number of aliphatic carboxylic acids is 1. The number of rotatable bonds is 2. The first kappa shape index (κ1) is 11.0. The van der Waals surface area contributed by atoms with Crippen LogP contribution in [0.3, 0.4) is 0 Å². The Bertz CT molecular complexity index is 242. The number of carboxylic acids is 1. The molecule has 0 saturated carbocycles. The average Bonchev–Trinajstić information content (AvgIpc) is 2.01. The maximum atomic E-state index is 11.1. The molecule has 5 nitrogen and oxygen atoms in total. The lowest BCUT2D eigenvalue weighted by atomic mass is 10.1. The van der Waals surface area contributed by atoms with E-state index < -0.39 is 5.97 Å².